The van der Waals surface area contributed by atoms with Crippen LogP contribution in [0, 0.1) is 12.8 Å². The van der Waals surface area contributed by atoms with Gasteiger partial charge in [0.15, 0.2) is 0 Å². The van der Waals surface area contributed by atoms with Crippen LogP contribution in [0.3, 0.4) is 0 Å². The number of anilines is 1. The number of aliphatic imine (C=N–C) groups is 1. The average Bonchev–Trinajstić information content (AvgIpc) is 3.21. The number of nitrogens with zero attached hydrogens (tertiary/aromatic N) is 5. The lowest BCUT2D eigenvalue weighted by Gasteiger charge is -2.35. The Kier molecular flexibility index (Phi) is 5.73. The van der Waals surface area contributed by atoms with Crippen LogP contribution in [-0.4, -0.2) is 70.8 Å². The third-order valence-electron chi connectivity index (χ3n) is 6.49. The number of amides is 3. The highest BCUT2D eigenvalue weighted by Gasteiger charge is 2.55. The lowest BCUT2D eigenvalue weighted by atomic mass is 10.1. The molecule has 2 atom stereocenters. The van der Waals surface area contributed by atoms with Gasteiger partial charge in [0.25, 0.3) is 5.91 Å². The number of likely N-dealkylation sites (N-methyl/N-ethyl adjacent to an activating group) is 1. The zero-order valence-electron chi connectivity index (χ0n) is 19.5. The molecule has 1 fully saturated rings. The Morgan fingerprint density at radius 2 is 1.94 bits per heavy atom. The summed E-state index contributed by atoms with van der Waals surface area (Å²) in [5, 5.41) is 0.647. The molecule has 2 aromatic rings. The number of aryl methyl sites for hydroxylation is 1. The number of hydrogen-bond donors (Lipinski definition) is 0. The molecule has 34 heavy (non-hydrogen) atoms. The van der Waals surface area contributed by atoms with Gasteiger partial charge in [-0.25, -0.2) is 14.3 Å². The van der Waals surface area contributed by atoms with E-state index in [0.717, 1.165) is 23.4 Å². The number of halogens is 1. The first-order chi connectivity index (χ1) is 16.3. The Morgan fingerprint density at radius 3 is 2.71 bits per heavy atom. The SMILES string of the molecule is Cc1ccc(Cl)cc1N1CC(C)C[N+]2=C1N=C1C2C(=O)N(C/C=C/c2ccccc2)C(=O)N1C. The number of benzene rings is 2. The van der Waals surface area contributed by atoms with Gasteiger partial charge in [0.05, 0.1) is 13.1 Å². The number of guanidine groups is 1. The van der Waals surface area contributed by atoms with Gasteiger partial charge < -0.3 is 0 Å². The van der Waals surface area contributed by atoms with Crippen molar-refractivity contribution in [3.63, 3.8) is 0 Å². The van der Waals surface area contributed by atoms with E-state index in [1.165, 1.54) is 9.80 Å². The molecule has 8 heteroatoms. The Balaban J connectivity index is 1.48. The summed E-state index contributed by atoms with van der Waals surface area (Å²) in [6.07, 6.45) is 3.77. The van der Waals surface area contributed by atoms with E-state index in [9.17, 15) is 9.59 Å². The summed E-state index contributed by atoms with van der Waals surface area (Å²) in [5.74, 6) is 1.22. The van der Waals surface area contributed by atoms with Crippen molar-refractivity contribution in [1.29, 1.82) is 0 Å². The predicted octanol–water partition coefficient (Wildman–Crippen LogP) is 3.86. The van der Waals surface area contributed by atoms with E-state index in [2.05, 4.69) is 11.8 Å². The van der Waals surface area contributed by atoms with Crippen molar-refractivity contribution in [3.8, 4) is 0 Å². The summed E-state index contributed by atoms with van der Waals surface area (Å²) in [5.41, 5.74) is 3.06. The smallest absolute Gasteiger partial charge is 0.270 e. The monoisotopic (exact) mass is 476 g/mol. The van der Waals surface area contributed by atoms with Crippen molar-refractivity contribution in [2.45, 2.75) is 19.9 Å². The molecular formula is C26H27ClN5O2+. The second kappa shape index (κ2) is 8.72. The molecule has 174 valence electrons. The van der Waals surface area contributed by atoms with Gasteiger partial charge in [-0.1, -0.05) is 72.1 Å². The highest BCUT2D eigenvalue weighted by molar-refractivity contribution is 6.31. The van der Waals surface area contributed by atoms with Crippen LogP contribution in [0.15, 0.2) is 59.6 Å². The van der Waals surface area contributed by atoms with E-state index in [0.29, 0.717) is 29.3 Å². The van der Waals surface area contributed by atoms with Gasteiger partial charge in [0, 0.05) is 24.5 Å². The van der Waals surface area contributed by atoms with Crippen LogP contribution in [0.25, 0.3) is 6.08 Å². The first kappa shape index (κ1) is 22.3. The molecule has 0 aliphatic carbocycles. The molecule has 0 saturated carbocycles. The Morgan fingerprint density at radius 1 is 1.18 bits per heavy atom. The number of fused-ring (bicyclic) bond motifs is 2. The second-order valence-corrected chi connectivity index (χ2v) is 9.51. The first-order valence-electron chi connectivity index (χ1n) is 11.4. The molecule has 3 aliphatic heterocycles. The van der Waals surface area contributed by atoms with Crippen molar-refractivity contribution >= 4 is 47.1 Å². The van der Waals surface area contributed by atoms with Crippen molar-refractivity contribution in [1.82, 2.24) is 9.80 Å². The third-order valence-corrected chi connectivity index (χ3v) is 6.73. The van der Waals surface area contributed by atoms with Gasteiger partial charge in [-0.3, -0.25) is 14.6 Å². The van der Waals surface area contributed by atoms with Gasteiger partial charge in [-0.05, 0) is 30.2 Å². The number of carbonyl (C=O) groups excluding carboxylic acids is 2. The number of carbonyl (C=O) groups is 2. The zero-order valence-corrected chi connectivity index (χ0v) is 20.2. The summed E-state index contributed by atoms with van der Waals surface area (Å²) in [4.78, 5) is 36.4. The van der Waals surface area contributed by atoms with Crippen LogP contribution < -0.4 is 4.90 Å². The minimum Gasteiger partial charge on any atom is -0.270 e. The standard InChI is InChI=1S/C26H27ClN5O2/c1-17-15-31(21-14-20(27)12-11-18(21)2)25-28-23-22(32(25)16-17)24(33)30(26(34)29(23)3)13-7-10-19-8-5-4-6-9-19/h4-12,14,17,22H,13,15-16H2,1-3H3/q+1/b10-7+. The molecule has 0 radical (unpaired) electrons. The molecule has 2 aromatic carbocycles. The van der Waals surface area contributed by atoms with Crippen molar-refractivity contribution in [2.24, 2.45) is 10.9 Å². The topological polar surface area (TPSA) is 59.2 Å². The maximum absolute atomic E-state index is 13.6. The summed E-state index contributed by atoms with van der Waals surface area (Å²) in [6, 6.07) is 14.6. The van der Waals surface area contributed by atoms with E-state index in [-0.39, 0.29) is 18.5 Å². The van der Waals surface area contributed by atoms with Crippen LogP contribution >= 0.6 is 11.6 Å². The zero-order chi connectivity index (χ0) is 24.0. The second-order valence-electron chi connectivity index (χ2n) is 9.07. The molecule has 1 saturated heterocycles. The summed E-state index contributed by atoms with van der Waals surface area (Å²) in [6.45, 7) is 5.84. The Labute approximate surface area is 204 Å². The molecule has 5 rings (SSSR count). The third kappa shape index (κ3) is 3.80. The molecule has 2 unspecified atom stereocenters. The molecule has 0 aromatic heterocycles. The fraction of sp³-hybridized carbons (Fsp3) is 0.308. The average molecular weight is 477 g/mol. The fourth-order valence-electron chi connectivity index (χ4n) is 4.80. The largest absolute Gasteiger partial charge is 0.397 e. The molecule has 0 bridgehead atoms. The van der Waals surface area contributed by atoms with Crippen molar-refractivity contribution in [3.05, 3.63) is 70.8 Å². The van der Waals surface area contributed by atoms with Crippen LogP contribution in [-0.2, 0) is 4.79 Å². The Bertz CT molecular complexity index is 1250. The van der Waals surface area contributed by atoms with Crippen molar-refractivity contribution < 1.29 is 14.2 Å². The number of rotatable bonds is 4. The maximum Gasteiger partial charge on any atom is 0.397 e. The molecule has 3 heterocycles. The van der Waals surface area contributed by atoms with Crippen LogP contribution in [0.1, 0.15) is 18.1 Å². The van der Waals surface area contributed by atoms with Crippen LogP contribution in [0.5, 0.6) is 0 Å². The minimum absolute atomic E-state index is 0.205. The Hall–Kier alpha value is -3.45. The highest BCUT2D eigenvalue weighted by atomic mass is 35.5. The molecular weight excluding hydrogens is 450 g/mol. The number of amidine groups is 1. The fourth-order valence-corrected chi connectivity index (χ4v) is 4.97. The normalized spacial score (nSPS) is 22.5. The predicted molar refractivity (Wildman–Crippen MR) is 134 cm³/mol. The minimum atomic E-state index is -0.618. The summed E-state index contributed by atoms with van der Waals surface area (Å²) < 4.78 is 2.03. The first-order valence-corrected chi connectivity index (χ1v) is 11.8. The summed E-state index contributed by atoms with van der Waals surface area (Å²) in [7, 11) is 1.69. The molecule has 7 nitrogen and oxygen atoms in total. The number of imide groups is 1. The van der Waals surface area contributed by atoms with Crippen LogP contribution in [0.2, 0.25) is 5.02 Å². The maximum atomic E-state index is 13.6. The van der Waals surface area contributed by atoms with Crippen LogP contribution in [0.4, 0.5) is 10.5 Å². The van der Waals surface area contributed by atoms with Gasteiger partial charge in [0.1, 0.15) is 5.69 Å². The number of urea groups is 1. The molecule has 0 spiro atoms. The molecule has 3 aliphatic rings. The quantitative estimate of drug-likeness (QED) is 0.629. The molecule has 3 amide bonds. The van der Waals surface area contributed by atoms with E-state index < -0.39 is 6.04 Å². The van der Waals surface area contributed by atoms with E-state index in [4.69, 9.17) is 16.6 Å². The van der Waals surface area contributed by atoms with Gasteiger partial charge in [-0.15, -0.1) is 0 Å². The van der Waals surface area contributed by atoms with Gasteiger partial charge >= 0.3 is 12.0 Å². The van der Waals surface area contributed by atoms with E-state index in [1.54, 1.807) is 7.05 Å². The van der Waals surface area contributed by atoms with E-state index >= 15 is 0 Å². The van der Waals surface area contributed by atoms with Gasteiger partial charge in [-0.2, -0.15) is 0 Å². The van der Waals surface area contributed by atoms with Crippen molar-refractivity contribution in [2.75, 3.05) is 31.6 Å². The van der Waals surface area contributed by atoms with E-state index in [1.807, 2.05) is 72.2 Å². The lowest BCUT2D eigenvalue weighted by Crippen LogP contribution is -2.63. The summed E-state index contributed by atoms with van der Waals surface area (Å²) >= 11 is 6.31. The number of hydrogen-bond acceptors (Lipinski definition) is 4. The molecule has 0 N–H and O–H groups in total. The highest BCUT2D eigenvalue weighted by Crippen LogP contribution is 2.31. The van der Waals surface area contributed by atoms with Gasteiger partial charge in [0.2, 0.25) is 11.9 Å². The lowest BCUT2D eigenvalue weighted by molar-refractivity contribution is -0.545.